The van der Waals surface area contributed by atoms with E-state index in [-0.39, 0.29) is 37.3 Å². The highest BCUT2D eigenvalue weighted by Crippen LogP contribution is 2.19. The van der Waals surface area contributed by atoms with Crippen LogP contribution in [0.15, 0.2) is 0 Å². The summed E-state index contributed by atoms with van der Waals surface area (Å²) < 4.78 is 0. The molecule has 1 fully saturated rings. The monoisotopic (exact) mass is 258 g/mol. The van der Waals surface area contributed by atoms with E-state index in [0.29, 0.717) is 19.0 Å². The minimum atomic E-state index is -0.946. The number of carbonyl (C=O) groups excluding carboxylic acids is 2. The van der Waals surface area contributed by atoms with Crippen LogP contribution in [-0.4, -0.2) is 59.3 Å². The molecule has 0 saturated carbocycles. The molecule has 2 amide bonds. The molecule has 0 aromatic carbocycles. The molecule has 0 aromatic rings. The van der Waals surface area contributed by atoms with Crippen LogP contribution in [0.1, 0.15) is 20.3 Å². The Bertz CT molecular complexity index is 306. The van der Waals surface area contributed by atoms with Gasteiger partial charge in [0, 0.05) is 26.1 Å². The largest absolute Gasteiger partial charge is 0.394 e. The van der Waals surface area contributed by atoms with Gasteiger partial charge < -0.3 is 20.4 Å². The van der Waals surface area contributed by atoms with E-state index in [0.717, 1.165) is 0 Å². The lowest BCUT2D eigenvalue weighted by Crippen LogP contribution is -2.38. The maximum atomic E-state index is 11.8. The van der Waals surface area contributed by atoms with Gasteiger partial charge in [0.15, 0.2) is 0 Å². The Morgan fingerprint density at radius 1 is 1.56 bits per heavy atom. The molecule has 18 heavy (non-hydrogen) atoms. The summed E-state index contributed by atoms with van der Waals surface area (Å²) in [7, 11) is 0. The lowest BCUT2D eigenvalue weighted by atomic mass is 10.1. The predicted octanol–water partition coefficient (Wildman–Crippen LogP) is -1.04. The molecular formula is C12H22N2O4. The van der Waals surface area contributed by atoms with Crippen molar-refractivity contribution in [1.29, 1.82) is 0 Å². The average molecular weight is 258 g/mol. The lowest BCUT2D eigenvalue weighted by molar-refractivity contribution is -0.129. The highest BCUT2D eigenvalue weighted by molar-refractivity contribution is 5.89. The summed E-state index contributed by atoms with van der Waals surface area (Å²) in [5, 5.41) is 20.3. The van der Waals surface area contributed by atoms with Crippen molar-refractivity contribution in [2.75, 3.05) is 26.2 Å². The van der Waals surface area contributed by atoms with Gasteiger partial charge in [-0.25, -0.2) is 0 Å². The van der Waals surface area contributed by atoms with Crippen molar-refractivity contribution in [1.82, 2.24) is 10.2 Å². The number of aliphatic hydroxyl groups excluding tert-OH is 2. The molecule has 6 nitrogen and oxygen atoms in total. The minimum absolute atomic E-state index is 0.00607. The van der Waals surface area contributed by atoms with E-state index in [1.54, 1.807) is 4.90 Å². The van der Waals surface area contributed by atoms with Crippen molar-refractivity contribution >= 4 is 11.8 Å². The van der Waals surface area contributed by atoms with Crippen molar-refractivity contribution in [2.45, 2.75) is 26.4 Å². The molecule has 0 radical (unpaired) electrons. The van der Waals surface area contributed by atoms with Gasteiger partial charge in [-0.15, -0.1) is 0 Å². The van der Waals surface area contributed by atoms with Crippen molar-refractivity contribution in [3.05, 3.63) is 0 Å². The maximum Gasteiger partial charge on any atom is 0.225 e. The minimum Gasteiger partial charge on any atom is -0.394 e. The molecule has 1 aliphatic heterocycles. The third-order valence-corrected chi connectivity index (χ3v) is 2.89. The maximum absolute atomic E-state index is 11.8. The Morgan fingerprint density at radius 2 is 2.22 bits per heavy atom. The quantitative estimate of drug-likeness (QED) is 0.568. The smallest absolute Gasteiger partial charge is 0.225 e. The second-order valence-corrected chi connectivity index (χ2v) is 5.18. The van der Waals surface area contributed by atoms with Gasteiger partial charge in [-0.2, -0.15) is 0 Å². The van der Waals surface area contributed by atoms with Gasteiger partial charge in [0.25, 0.3) is 0 Å². The fraction of sp³-hybridized carbons (Fsp3) is 0.833. The van der Waals surface area contributed by atoms with Crippen LogP contribution in [0, 0.1) is 11.8 Å². The van der Waals surface area contributed by atoms with E-state index in [1.165, 1.54) is 0 Å². The summed E-state index contributed by atoms with van der Waals surface area (Å²) in [5.74, 6) is -0.192. The molecule has 0 bridgehead atoms. The predicted molar refractivity (Wildman–Crippen MR) is 65.6 cm³/mol. The number of hydrogen-bond donors (Lipinski definition) is 3. The van der Waals surface area contributed by atoms with Crippen LogP contribution in [-0.2, 0) is 9.59 Å². The number of nitrogens with one attached hydrogen (secondary N) is 1. The van der Waals surface area contributed by atoms with Crippen molar-refractivity contribution in [3.63, 3.8) is 0 Å². The van der Waals surface area contributed by atoms with Crippen LogP contribution in [0.4, 0.5) is 0 Å². The Hall–Kier alpha value is -1.14. The molecule has 1 heterocycles. The molecule has 0 spiro atoms. The van der Waals surface area contributed by atoms with E-state index in [2.05, 4.69) is 5.32 Å². The second kappa shape index (κ2) is 6.70. The zero-order valence-electron chi connectivity index (χ0n) is 10.9. The van der Waals surface area contributed by atoms with E-state index < -0.39 is 6.10 Å². The van der Waals surface area contributed by atoms with Gasteiger partial charge in [0.1, 0.15) is 0 Å². The van der Waals surface area contributed by atoms with E-state index in [9.17, 15) is 9.59 Å². The second-order valence-electron chi connectivity index (χ2n) is 5.18. The molecule has 2 atom stereocenters. The number of aliphatic hydroxyl groups is 2. The van der Waals surface area contributed by atoms with Gasteiger partial charge in [-0.1, -0.05) is 13.8 Å². The third-order valence-electron chi connectivity index (χ3n) is 2.89. The van der Waals surface area contributed by atoms with Gasteiger partial charge in [0.2, 0.25) is 11.8 Å². The number of hydrogen-bond acceptors (Lipinski definition) is 4. The Labute approximate surface area is 107 Å². The van der Waals surface area contributed by atoms with Gasteiger partial charge in [-0.3, -0.25) is 9.59 Å². The zero-order chi connectivity index (χ0) is 13.7. The normalized spacial score (nSPS) is 21.5. The van der Waals surface area contributed by atoms with Gasteiger partial charge in [0.05, 0.1) is 18.6 Å². The Kier molecular flexibility index (Phi) is 5.55. The van der Waals surface area contributed by atoms with Gasteiger partial charge in [-0.05, 0) is 5.92 Å². The Morgan fingerprint density at radius 3 is 2.78 bits per heavy atom. The van der Waals surface area contributed by atoms with Crippen LogP contribution in [0.5, 0.6) is 0 Å². The summed E-state index contributed by atoms with van der Waals surface area (Å²) in [6, 6.07) is 0. The van der Waals surface area contributed by atoms with Crippen molar-refractivity contribution < 1.29 is 19.8 Å². The lowest BCUT2D eigenvalue weighted by Gasteiger charge is -2.18. The number of nitrogens with zero attached hydrogens (tertiary/aromatic N) is 1. The number of rotatable bonds is 6. The highest BCUT2D eigenvalue weighted by Gasteiger charge is 2.34. The fourth-order valence-corrected chi connectivity index (χ4v) is 1.99. The molecule has 2 unspecified atom stereocenters. The van der Waals surface area contributed by atoms with Crippen LogP contribution >= 0.6 is 0 Å². The van der Waals surface area contributed by atoms with Gasteiger partial charge >= 0.3 is 0 Å². The first-order valence-electron chi connectivity index (χ1n) is 6.28. The molecule has 1 aliphatic rings. The van der Waals surface area contributed by atoms with Crippen LogP contribution in [0.3, 0.4) is 0 Å². The first kappa shape index (κ1) is 14.9. The fourth-order valence-electron chi connectivity index (χ4n) is 1.99. The highest BCUT2D eigenvalue weighted by atomic mass is 16.3. The SMILES string of the molecule is CC(C)CN1CC(C(=O)NCC(O)CO)CC1=O. The molecule has 104 valence electrons. The molecule has 1 saturated heterocycles. The topological polar surface area (TPSA) is 89.9 Å². The molecule has 1 rings (SSSR count). The molecule has 6 heteroatoms. The number of likely N-dealkylation sites (tertiary alicyclic amines) is 1. The van der Waals surface area contributed by atoms with E-state index in [1.807, 2.05) is 13.8 Å². The molecule has 0 aromatic heterocycles. The van der Waals surface area contributed by atoms with Crippen LogP contribution in [0.2, 0.25) is 0 Å². The summed E-state index contributed by atoms with van der Waals surface area (Å²) in [4.78, 5) is 25.1. The molecule has 0 aliphatic carbocycles. The summed E-state index contributed by atoms with van der Waals surface area (Å²) in [6.07, 6.45) is -0.717. The standard InChI is InChI=1S/C12H22N2O4/c1-8(2)5-14-6-9(3-11(14)17)12(18)13-4-10(16)7-15/h8-10,15-16H,3-7H2,1-2H3,(H,13,18). The first-order valence-corrected chi connectivity index (χ1v) is 6.28. The van der Waals surface area contributed by atoms with Crippen LogP contribution in [0.25, 0.3) is 0 Å². The summed E-state index contributed by atoms with van der Waals surface area (Å²) >= 11 is 0. The molecular weight excluding hydrogens is 236 g/mol. The first-order chi connectivity index (χ1) is 8.43. The summed E-state index contributed by atoms with van der Waals surface area (Å²) in [6.45, 7) is 4.80. The zero-order valence-corrected chi connectivity index (χ0v) is 10.9. The van der Waals surface area contributed by atoms with E-state index >= 15 is 0 Å². The summed E-state index contributed by atoms with van der Waals surface area (Å²) in [5.41, 5.74) is 0. The van der Waals surface area contributed by atoms with Crippen molar-refractivity contribution in [3.8, 4) is 0 Å². The number of amides is 2. The van der Waals surface area contributed by atoms with Crippen LogP contribution < -0.4 is 5.32 Å². The van der Waals surface area contributed by atoms with E-state index in [4.69, 9.17) is 10.2 Å². The van der Waals surface area contributed by atoms with Crippen molar-refractivity contribution in [2.24, 2.45) is 11.8 Å². The average Bonchev–Trinajstić information content (AvgIpc) is 2.66. The third kappa shape index (κ3) is 4.27. The Balaban J connectivity index is 2.40. The number of carbonyl (C=O) groups is 2. The molecule has 3 N–H and O–H groups in total.